The van der Waals surface area contributed by atoms with Crippen molar-refractivity contribution in [3.05, 3.63) is 48.6 Å². The maximum Gasteiger partial charge on any atom is 0.362 e. The quantitative estimate of drug-likeness (QED) is 0.0281. The van der Waals surface area contributed by atoms with E-state index in [1.165, 1.54) is 148 Å². The van der Waals surface area contributed by atoms with Crippen LogP contribution in [-0.4, -0.2) is 80.6 Å². The van der Waals surface area contributed by atoms with Crippen molar-refractivity contribution < 1.29 is 38.2 Å². The van der Waals surface area contributed by atoms with E-state index in [4.69, 9.17) is 14.2 Å². The lowest BCUT2D eigenvalue weighted by Crippen LogP contribution is -2.50. The fraction of sp³-hybridized carbons (Fsp3) is 0.807. The van der Waals surface area contributed by atoms with Gasteiger partial charge in [-0.15, -0.1) is 0 Å². The number of carboxylic acids is 1. The largest absolute Gasteiger partial charge is 0.477 e. The first-order valence-corrected chi connectivity index (χ1v) is 27.2. The zero-order chi connectivity index (χ0) is 47.7. The fourth-order valence-corrected chi connectivity index (χ4v) is 8.11. The molecule has 0 amide bonds. The molecule has 0 aromatic heterocycles. The molecule has 0 radical (unpaired) electrons. The summed E-state index contributed by atoms with van der Waals surface area (Å²) in [6.07, 6.45) is 58.8. The zero-order valence-electron chi connectivity index (χ0n) is 43.2. The molecule has 0 bridgehead atoms. The van der Waals surface area contributed by atoms with Gasteiger partial charge in [0.2, 0.25) is 0 Å². The summed E-state index contributed by atoms with van der Waals surface area (Å²) in [5, 5.41) is 9.66. The topological polar surface area (TPSA) is 99.1 Å². The van der Waals surface area contributed by atoms with E-state index in [1.54, 1.807) is 0 Å². The summed E-state index contributed by atoms with van der Waals surface area (Å²) < 4.78 is 17.4. The third-order valence-corrected chi connectivity index (χ3v) is 12.3. The Bertz CT molecular complexity index is 1200. The van der Waals surface area contributed by atoms with Crippen LogP contribution >= 0.6 is 0 Å². The molecule has 0 saturated heterocycles. The van der Waals surface area contributed by atoms with Crippen LogP contribution in [0.4, 0.5) is 0 Å². The number of nitrogens with zero attached hydrogens (tertiary/aromatic N) is 1. The molecule has 0 saturated carbocycles. The van der Waals surface area contributed by atoms with Gasteiger partial charge in [-0.25, -0.2) is 4.79 Å². The number of ether oxygens (including phenoxy) is 3. The molecule has 0 aliphatic heterocycles. The van der Waals surface area contributed by atoms with E-state index < -0.39 is 18.1 Å². The smallest absolute Gasteiger partial charge is 0.362 e. The van der Waals surface area contributed by atoms with Gasteiger partial charge in [-0.05, 0) is 38.5 Å². The van der Waals surface area contributed by atoms with E-state index in [1.807, 2.05) is 21.1 Å². The van der Waals surface area contributed by atoms with Gasteiger partial charge in [0.1, 0.15) is 6.61 Å². The Morgan fingerprint density at radius 2 is 0.815 bits per heavy atom. The van der Waals surface area contributed by atoms with Crippen LogP contribution in [0.1, 0.15) is 245 Å². The molecular formula is C57H104NO7+. The van der Waals surface area contributed by atoms with Gasteiger partial charge in [0, 0.05) is 19.3 Å². The number of quaternary nitrogens is 1. The second-order valence-corrected chi connectivity index (χ2v) is 19.6. The number of likely N-dealkylation sites (N-methyl/N-ethyl adjacent to an activating group) is 1. The van der Waals surface area contributed by atoms with E-state index in [0.717, 1.165) is 64.2 Å². The van der Waals surface area contributed by atoms with Crippen molar-refractivity contribution >= 4 is 17.9 Å². The number of esters is 2. The number of allylic oxidation sites excluding steroid dienone is 8. The van der Waals surface area contributed by atoms with Crippen LogP contribution < -0.4 is 0 Å². The molecule has 0 spiro atoms. The number of hydrogen-bond donors (Lipinski definition) is 1. The second kappa shape index (κ2) is 47.8. The Kier molecular flexibility index (Phi) is 45.8. The minimum absolute atomic E-state index is 0.0527. The molecule has 0 heterocycles. The summed E-state index contributed by atoms with van der Waals surface area (Å²) in [5.74, 6) is -1.48. The summed E-state index contributed by atoms with van der Waals surface area (Å²) in [6, 6.07) is -0.620. The first kappa shape index (κ1) is 62.3. The minimum atomic E-state index is -0.878. The lowest BCUT2D eigenvalue weighted by molar-refractivity contribution is -0.887. The Hall–Kier alpha value is -2.71. The highest BCUT2D eigenvalue weighted by Crippen LogP contribution is 2.17. The third kappa shape index (κ3) is 46.2. The molecule has 0 rings (SSSR count). The summed E-state index contributed by atoms with van der Waals surface area (Å²) >= 11 is 0. The monoisotopic (exact) mass is 915 g/mol. The molecule has 2 atom stereocenters. The standard InChI is InChI=1S/C57H103NO7/c1-6-8-10-12-14-16-18-20-22-24-26-27-28-29-30-32-33-35-37-39-41-43-45-47-55(59)64-52-53(51-63-50-49-54(57(61)62)58(3,4)5)65-56(60)48-46-44-42-40-38-36-34-31-25-23-21-19-17-15-13-11-9-7-2/h15,17,19,21,23,25,31,34,53-54H,6-14,16,18,20,22,24,26-30,32-33,35-52H2,1-5H3/p+1/b17-15+,21-19+,25-23+,34-31+. The molecule has 0 aromatic carbocycles. The van der Waals surface area contributed by atoms with Gasteiger partial charge in [-0.2, -0.15) is 0 Å². The number of carboxylic acid groups (broad SMARTS) is 1. The van der Waals surface area contributed by atoms with E-state index in [0.29, 0.717) is 19.3 Å². The van der Waals surface area contributed by atoms with Crippen molar-refractivity contribution in [2.45, 2.75) is 257 Å². The number of rotatable bonds is 49. The molecule has 65 heavy (non-hydrogen) atoms. The van der Waals surface area contributed by atoms with Crippen molar-refractivity contribution in [1.82, 2.24) is 0 Å². The number of aliphatic carboxylic acids is 1. The predicted octanol–water partition coefficient (Wildman–Crippen LogP) is 15.9. The summed E-state index contributed by atoms with van der Waals surface area (Å²) in [4.78, 5) is 37.2. The average Bonchev–Trinajstić information content (AvgIpc) is 3.27. The first-order chi connectivity index (χ1) is 31.6. The SMILES string of the molecule is CCCCC/C=C/C=C/C=C/C=C/CCCCCCCC(=O)OC(COCCC(C(=O)O)[N+](C)(C)C)COC(=O)CCCCCCCCCCCCCCCCCCCCCCCCC. The first-order valence-electron chi connectivity index (χ1n) is 27.2. The highest BCUT2D eigenvalue weighted by Gasteiger charge is 2.31. The lowest BCUT2D eigenvalue weighted by Gasteiger charge is -2.31. The zero-order valence-corrected chi connectivity index (χ0v) is 43.2. The minimum Gasteiger partial charge on any atom is -0.477 e. The Balaban J connectivity index is 4.21. The number of carbonyl (C=O) groups is 3. The Labute approximate surface area is 401 Å². The maximum absolute atomic E-state index is 12.8. The van der Waals surface area contributed by atoms with Crippen molar-refractivity contribution in [1.29, 1.82) is 0 Å². The highest BCUT2D eigenvalue weighted by atomic mass is 16.6. The van der Waals surface area contributed by atoms with Gasteiger partial charge in [-0.3, -0.25) is 9.59 Å². The molecule has 8 heteroatoms. The molecule has 2 unspecified atom stereocenters. The molecular weight excluding hydrogens is 811 g/mol. The van der Waals surface area contributed by atoms with Crippen LogP contribution in [0.25, 0.3) is 0 Å². The number of unbranched alkanes of at least 4 members (excludes halogenated alkanes) is 30. The average molecular weight is 915 g/mol. The molecule has 0 aromatic rings. The Morgan fingerprint density at radius 1 is 0.462 bits per heavy atom. The number of hydrogen-bond acceptors (Lipinski definition) is 6. The summed E-state index contributed by atoms with van der Waals surface area (Å²) in [5.41, 5.74) is 0. The van der Waals surface area contributed by atoms with Gasteiger partial charge >= 0.3 is 17.9 Å². The lowest BCUT2D eigenvalue weighted by atomic mass is 10.0. The van der Waals surface area contributed by atoms with Crippen LogP contribution in [0.2, 0.25) is 0 Å². The van der Waals surface area contributed by atoms with Crippen LogP contribution in [-0.2, 0) is 28.6 Å². The van der Waals surface area contributed by atoms with Crippen LogP contribution in [0.3, 0.4) is 0 Å². The van der Waals surface area contributed by atoms with Gasteiger partial charge in [-0.1, -0.05) is 236 Å². The summed E-state index contributed by atoms with van der Waals surface area (Å²) in [7, 11) is 5.53. The maximum atomic E-state index is 12.8. The predicted molar refractivity (Wildman–Crippen MR) is 275 cm³/mol. The normalized spacial score (nSPS) is 13.2. The van der Waals surface area contributed by atoms with Crippen LogP contribution in [0, 0.1) is 0 Å². The van der Waals surface area contributed by atoms with Gasteiger partial charge < -0.3 is 23.8 Å². The van der Waals surface area contributed by atoms with E-state index in [9.17, 15) is 19.5 Å². The van der Waals surface area contributed by atoms with E-state index >= 15 is 0 Å². The van der Waals surface area contributed by atoms with Gasteiger partial charge in [0.15, 0.2) is 12.1 Å². The van der Waals surface area contributed by atoms with E-state index in [-0.39, 0.29) is 36.2 Å². The number of carbonyl (C=O) groups excluding carboxylic acids is 2. The van der Waals surface area contributed by atoms with Crippen LogP contribution in [0.15, 0.2) is 48.6 Å². The molecule has 378 valence electrons. The molecule has 0 aliphatic rings. The van der Waals surface area contributed by atoms with Gasteiger partial charge in [0.25, 0.3) is 0 Å². The van der Waals surface area contributed by atoms with Crippen molar-refractivity contribution in [2.75, 3.05) is 41.0 Å². The molecule has 0 aliphatic carbocycles. The second-order valence-electron chi connectivity index (χ2n) is 19.6. The van der Waals surface area contributed by atoms with Crippen LogP contribution in [0.5, 0.6) is 0 Å². The summed E-state index contributed by atoms with van der Waals surface area (Å²) in [6.45, 7) is 4.71. The molecule has 1 N–H and O–H groups in total. The van der Waals surface area contributed by atoms with Crippen molar-refractivity contribution in [3.63, 3.8) is 0 Å². The van der Waals surface area contributed by atoms with Gasteiger partial charge in [0.05, 0.1) is 34.4 Å². The van der Waals surface area contributed by atoms with Crippen molar-refractivity contribution in [3.8, 4) is 0 Å². The fourth-order valence-electron chi connectivity index (χ4n) is 8.11. The Morgan fingerprint density at radius 3 is 1.23 bits per heavy atom. The molecule has 0 fully saturated rings. The molecule has 8 nitrogen and oxygen atoms in total. The third-order valence-electron chi connectivity index (χ3n) is 12.3. The van der Waals surface area contributed by atoms with E-state index in [2.05, 4.69) is 62.5 Å². The highest BCUT2D eigenvalue weighted by molar-refractivity contribution is 5.72. The van der Waals surface area contributed by atoms with Crippen molar-refractivity contribution in [2.24, 2.45) is 0 Å².